The van der Waals surface area contributed by atoms with Gasteiger partial charge in [-0.2, -0.15) is 0 Å². The first-order valence-electron chi connectivity index (χ1n) is 10.1. The molecule has 2 aliphatic heterocycles. The molecule has 0 saturated heterocycles. The Kier molecular flexibility index (Phi) is 3.75. The van der Waals surface area contributed by atoms with Crippen LogP contribution in [-0.4, -0.2) is 27.0 Å². The fourth-order valence-corrected chi connectivity index (χ4v) is 6.13. The second kappa shape index (κ2) is 6.32. The van der Waals surface area contributed by atoms with Gasteiger partial charge in [-0.25, -0.2) is 8.42 Å². The lowest BCUT2D eigenvalue weighted by molar-refractivity contribution is 0.510. The summed E-state index contributed by atoms with van der Waals surface area (Å²) >= 11 is 0. The van der Waals surface area contributed by atoms with E-state index in [0.29, 0.717) is 17.7 Å². The molecule has 0 amide bonds. The first kappa shape index (κ1) is 18.4. The zero-order valence-electron chi connectivity index (χ0n) is 16.7. The minimum Gasteiger partial charge on any atom is -0.461 e. The van der Waals surface area contributed by atoms with Gasteiger partial charge in [0.2, 0.25) is 5.43 Å². The number of nitrogens with zero attached hydrogens (tertiary/aromatic N) is 1. The van der Waals surface area contributed by atoms with E-state index in [0.717, 1.165) is 27.3 Å². The summed E-state index contributed by atoms with van der Waals surface area (Å²) in [5.41, 5.74) is 3.57. The van der Waals surface area contributed by atoms with Crippen molar-refractivity contribution in [2.24, 2.45) is 0 Å². The molecule has 0 fully saturated rings. The number of anilines is 1. The van der Waals surface area contributed by atoms with Gasteiger partial charge in [0, 0.05) is 35.8 Å². The summed E-state index contributed by atoms with van der Waals surface area (Å²) in [7, 11) is -2.44. The van der Waals surface area contributed by atoms with Gasteiger partial charge in [0.05, 0.1) is 16.5 Å². The van der Waals surface area contributed by atoms with Crippen molar-refractivity contribution in [2.45, 2.75) is 17.4 Å². The fraction of sp³-hybridized carbons (Fsp3) is 0.174. The van der Waals surface area contributed by atoms with E-state index in [1.807, 2.05) is 18.2 Å². The molecule has 0 spiro atoms. The van der Waals surface area contributed by atoms with E-state index < -0.39 is 16.1 Å². The number of aromatic amines is 1. The zero-order valence-corrected chi connectivity index (χ0v) is 17.5. The normalized spacial score (nSPS) is 19.0. The summed E-state index contributed by atoms with van der Waals surface area (Å²) in [6, 6.07) is 14.2. The van der Waals surface area contributed by atoms with Crippen LogP contribution in [0.4, 0.5) is 5.69 Å². The van der Waals surface area contributed by atoms with E-state index in [-0.39, 0.29) is 21.8 Å². The van der Waals surface area contributed by atoms with Crippen LogP contribution in [0.2, 0.25) is 0 Å². The fourth-order valence-electron chi connectivity index (χ4n) is 4.74. The zero-order chi connectivity index (χ0) is 21.3. The summed E-state index contributed by atoms with van der Waals surface area (Å²) in [6.07, 6.45) is 2.30. The van der Waals surface area contributed by atoms with Crippen LogP contribution in [0, 0.1) is 0 Å². The van der Waals surface area contributed by atoms with Gasteiger partial charge in [-0.15, -0.1) is 0 Å². The van der Waals surface area contributed by atoms with Crippen LogP contribution >= 0.6 is 0 Å². The Bertz CT molecular complexity index is 1530. The third kappa shape index (κ3) is 2.43. The lowest BCUT2D eigenvalue weighted by Crippen LogP contribution is -2.38. The van der Waals surface area contributed by atoms with E-state index in [1.54, 1.807) is 18.2 Å². The lowest BCUT2D eigenvalue weighted by Gasteiger charge is -2.29. The average molecular weight is 433 g/mol. The highest BCUT2D eigenvalue weighted by Crippen LogP contribution is 2.41. The van der Waals surface area contributed by atoms with E-state index in [4.69, 9.17) is 4.42 Å². The number of benzene rings is 2. The van der Waals surface area contributed by atoms with Crippen LogP contribution in [0.15, 0.2) is 68.9 Å². The van der Waals surface area contributed by atoms with Gasteiger partial charge in [-0.3, -0.25) is 9.10 Å². The molecule has 156 valence electrons. The maximum absolute atomic E-state index is 13.6. The van der Waals surface area contributed by atoms with E-state index in [1.165, 1.54) is 24.9 Å². The van der Waals surface area contributed by atoms with E-state index >= 15 is 0 Å². The first-order chi connectivity index (χ1) is 15.0. The molecule has 8 heteroatoms. The minimum atomic E-state index is -3.84. The van der Waals surface area contributed by atoms with Gasteiger partial charge in [0.25, 0.3) is 10.0 Å². The predicted molar refractivity (Wildman–Crippen MR) is 118 cm³/mol. The van der Waals surface area contributed by atoms with Crippen molar-refractivity contribution in [3.05, 3.63) is 81.8 Å². The molecule has 0 aliphatic carbocycles. The number of hydrogen-bond acceptors (Lipinski definition) is 5. The van der Waals surface area contributed by atoms with Crippen molar-refractivity contribution in [3.8, 4) is 11.3 Å². The van der Waals surface area contributed by atoms with Crippen LogP contribution in [0.5, 0.6) is 0 Å². The molecular weight excluding hydrogens is 414 g/mol. The summed E-state index contributed by atoms with van der Waals surface area (Å²) in [5, 5.41) is 4.53. The molecule has 0 saturated carbocycles. The summed E-state index contributed by atoms with van der Waals surface area (Å²) in [6.45, 7) is 0.701. The molecule has 0 bridgehead atoms. The van der Waals surface area contributed by atoms with Gasteiger partial charge in [-0.1, -0.05) is 30.3 Å². The van der Waals surface area contributed by atoms with Crippen molar-refractivity contribution in [1.29, 1.82) is 0 Å². The SMILES string of the molecule is CN1c2c(occ([C@@H]3NCCc4c3[nH]c3ccccc43)c2=O)-c2ccccc2S1(=O)=O. The van der Waals surface area contributed by atoms with Crippen molar-refractivity contribution in [3.63, 3.8) is 0 Å². The standard InChI is InChI=1S/C23H19N3O4S/c1-26-21-22(27)16(12-30-23(21)15-7-3-5-9-18(15)31(26,28)29)19-20-14(10-11-24-19)13-6-2-4-8-17(13)25-20/h2-9,12,19,24-25H,10-11H2,1H3/t19-/m0/s1. The van der Waals surface area contributed by atoms with Gasteiger partial charge < -0.3 is 14.7 Å². The summed E-state index contributed by atoms with van der Waals surface area (Å²) in [5.74, 6) is 0.273. The number of rotatable bonds is 1. The number of sulfonamides is 1. The highest BCUT2D eigenvalue weighted by molar-refractivity contribution is 7.93. The second-order valence-corrected chi connectivity index (χ2v) is 9.80. The molecule has 2 aromatic heterocycles. The van der Waals surface area contributed by atoms with Gasteiger partial charge in [0.15, 0.2) is 5.76 Å². The van der Waals surface area contributed by atoms with Gasteiger partial charge in [-0.05, 0) is 30.2 Å². The van der Waals surface area contributed by atoms with E-state index in [2.05, 4.69) is 16.4 Å². The number of nitrogens with one attached hydrogen (secondary N) is 2. The first-order valence-corrected chi connectivity index (χ1v) is 11.5. The van der Waals surface area contributed by atoms with Crippen molar-refractivity contribution < 1.29 is 12.8 Å². The Hall–Kier alpha value is -3.36. The second-order valence-electron chi connectivity index (χ2n) is 7.87. The van der Waals surface area contributed by atoms with Crippen molar-refractivity contribution in [1.82, 2.24) is 10.3 Å². The van der Waals surface area contributed by atoms with Gasteiger partial charge in [0.1, 0.15) is 12.0 Å². The smallest absolute Gasteiger partial charge is 0.265 e. The molecule has 6 rings (SSSR count). The van der Waals surface area contributed by atoms with Gasteiger partial charge >= 0.3 is 0 Å². The Morgan fingerprint density at radius 2 is 1.87 bits per heavy atom. The predicted octanol–water partition coefficient (Wildman–Crippen LogP) is 3.16. The molecule has 31 heavy (non-hydrogen) atoms. The summed E-state index contributed by atoms with van der Waals surface area (Å²) < 4.78 is 33.1. The minimum absolute atomic E-state index is 0.0428. The monoisotopic (exact) mass is 433 g/mol. The maximum Gasteiger partial charge on any atom is 0.265 e. The molecule has 0 unspecified atom stereocenters. The largest absolute Gasteiger partial charge is 0.461 e. The maximum atomic E-state index is 13.6. The molecule has 4 heterocycles. The molecule has 0 radical (unpaired) electrons. The Morgan fingerprint density at radius 3 is 2.74 bits per heavy atom. The van der Waals surface area contributed by atoms with Crippen LogP contribution in [0.1, 0.15) is 22.9 Å². The Balaban J connectivity index is 1.59. The molecule has 2 aromatic carbocycles. The van der Waals surface area contributed by atoms with Crippen LogP contribution < -0.4 is 15.1 Å². The molecule has 2 aliphatic rings. The van der Waals surface area contributed by atoms with Crippen LogP contribution in [0.3, 0.4) is 0 Å². The number of aromatic nitrogens is 1. The third-order valence-electron chi connectivity index (χ3n) is 6.25. The molecule has 4 aromatic rings. The Labute approximate surface area is 178 Å². The third-order valence-corrected chi connectivity index (χ3v) is 8.07. The van der Waals surface area contributed by atoms with Crippen LogP contribution in [0.25, 0.3) is 22.2 Å². The number of H-pyrrole nitrogens is 1. The highest BCUT2D eigenvalue weighted by atomic mass is 32.2. The quantitative estimate of drug-likeness (QED) is 0.481. The molecular formula is C23H19N3O4S. The Morgan fingerprint density at radius 1 is 1.10 bits per heavy atom. The number of para-hydroxylation sites is 1. The molecule has 2 N–H and O–H groups in total. The van der Waals surface area contributed by atoms with Crippen molar-refractivity contribution >= 4 is 26.6 Å². The van der Waals surface area contributed by atoms with Crippen molar-refractivity contribution in [2.75, 3.05) is 17.9 Å². The van der Waals surface area contributed by atoms with E-state index in [9.17, 15) is 13.2 Å². The topological polar surface area (TPSA) is 95.4 Å². The van der Waals surface area contributed by atoms with Crippen LogP contribution in [-0.2, 0) is 16.4 Å². The number of fused-ring (bicyclic) bond motifs is 6. The average Bonchev–Trinajstić information content (AvgIpc) is 3.17. The lowest BCUT2D eigenvalue weighted by atomic mass is 9.94. The highest BCUT2D eigenvalue weighted by Gasteiger charge is 2.38. The number of hydrogen-bond donors (Lipinski definition) is 2. The molecule has 7 nitrogen and oxygen atoms in total. The summed E-state index contributed by atoms with van der Waals surface area (Å²) in [4.78, 5) is 17.2. The molecule has 1 atom stereocenters.